The zero-order valence-corrected chi connectivity index (χ0v) is 17.5. The molecule has 0 radical (unpaired) electrons. The fourth-order valence-corrected chi connectivity index (χ4v) is 4.26. The molecule has 5 heteroatoms. The number of rotatable bonds is 4. The number of pyridine rings is 1. The second-order valence-electron chi connectivity index (χ2n) is 7.88. The minimum atomic E-state index is -0.950. The second-order valence-corrected chi connectivity index (χ2v) is 7.88. The van der Waals surface area contributed by atoms with Gasteiger partial charge in [0.2, 0.25) is 0 Å². The molecule has 1 atom stereocenters. The molecule has 156 valence electrons. The van der Waals surface area contributed by atoms with E-state index in [4.69, 9.17) is 4.98 Å². The maximum absolute atomic E-state index is 14.0. The number of piperazine rings is 1. The van der Waals surface area contributed by atoms with Gasteiger partial charge in [0.25, 0.3) is 0 Å². The molecule has 1 aromatic heterocycles. The predicted octanol–water partition coefficient (Wildman–Crippen LogP) is 5.27. The Morgan fingerprint density at radius 2 is 2.03 bits per heavy atom. The molecular weight excluding hydrogens is 380 g/mol. The van der Waals surface area contributed by atoms with E-state index in [0.717, 1.165) is 65.2 Å². The fourth-order valence-electron chi connectivity index (χ4n) is 4.26. The summed E-state index contributed by atoms with van der Waals surface area (Å²) in [6.45, 7) is 11.8. The van der Waals surface area contributed by atoms with Gasteiger partial charge in [-0.3, -0.25) is 0 Å². The monoisotopic (exact) mass is 407 g/mol. The first-order valence-electron chi connectivity index (χ1n) is 10.4. The van der Waals surface area contributed by atoms with Crippen LogP contribution in [0.2, 0.25) is 0 Å². The lowest BCUT2D eigenvalue weighted by Crippen LogP contribution is -2.42. The van der Waals surface area contributed by atoms with Gasteiger partial charge in [-0.25, -0.2) is 13.8 Å². The van der Waals surface area contributed by atoms with Crippen LogP contribution in [0.1, 0.15) is 31.5 Å². The van der Waals surface area contributed by atoms with Crippen LogP contribution >= 0.6 is 0 Å². The molecule has 1 fully saturated rings. The van der Waals surface area contributed by atoms with Gasteiger partial charge in [0.1, 0.15) is 12.0 Å². The molecule has 2 heterocycles. The van der Waals surface area contributed by atoms with Gasteiger partial charge in [0.05, 0.1) is 11.2 Å². The third-order valence-electron chi connectivity index (χ3n) is 5.87. The van der Waals surface area contributed by atoms with Crippen molar-refractivity contribution in [1.29, 1.82) is 0 Å². The summed E-state index contributed by atoms with van der Waals surface area (Å²) in [4.78, 5) is 7.04. The van der Waals surface area contributed by atoms with Crippen molar-refractivity contribution in [1.82, 2.24) is 15.2 Å². The number of nitrogens with one attached hydrogen (secondary N) is 1. The second kappa shape index (κ2) is 8.52. The Labute approximate surface area is 176 Å². The summed E-state index contributed by atoms with van der Waals surface area (Å²) in [6.07, 6.45) is 4.85. The zero-order valence-electron chi connectivity index (χ0n) is 17.5. The van der Waals surface area contributed by atoms with E-state index < -0.39 is 6.17 Å². The Morgan fingerprint density at radius 3 is 2.73 bits per heavy atom. The number of fused-ring (bicyclic) bond motifs is 1. The van der Waals surface area contributed by atoms with E-state index >= 15 is 0 Å². The Bertz CT molecular complexity index is 1080. The normalized spacial score (nSPS) is 20.2. The van der Waals surface area contributed by atoms with Crippen LogP contribution in [-0.2, 0) is 0 Å². The van der Waals surface area contributed by atoms with Gasteiger partial charge in [0.15, 0.2) is 0 Å². The Balaban J connectivity index is 1.85. The molecule has 1 aliphatic carbocycles. The number of hydrogen-bond acceptors (Lipinski definition) is 3. The number of benzene rings is 1. The third-order valence-corrected chi connectivity index (χ3v) is 5.87. The van der Waals surface area contributed by atoms with Crippen molar-refractivity contribution in [3.8, 4) is 0 Å². The Kier molecular flexibility index (Phi) is 5.82. The van der Waals surface area contributed by atoms with Crippen LogP contribution in [0.15, 0.2) is 60.2 Å². The summed E-state index contributed by atoms with van der Waals surface area (Å²) in [6, 6.07) is 6.75. The summed E-state index contributed by atoms with van der Waals surface area (Å²) in [7, 11) is 0. The number of allylic oxidation sites excluding steroid dienone is 6. The van der Waals surface area contributed by atoms with Crippen molar-refractivity contribution in [2.45, 2.75) is 26.4 Å². The summed E-state index contributed by atoms with van der Waals surface area (Å²) >= 11 is 0. The van der Waals surface area contributed by atoms with Gasteiger partial charge in [-0.05, 0) is 43.7 Å². The number of nitrogens with zero attached hydrogens (tertiary/aromatic N) is 2. The summed E-state index contributed by atoms with van der Waals surface area (Å²) in [5.41, 5.74) is 6.11. The van der Waals surface area contributed by atoms with E-state index in [2.05, 4.69) is 16.8 Å². The highest BCUT2D eigenvalue weighted by atomic mass is 19.1. The van der Waals surface area contributed by atoms with Crippen LogP contribution in [0.3, 0.4) is 0 Å². The van der Waals surface area contributed by atoms with Gasteiger partial charge < -0.3 is 10.2 Å². The van der Waals surface area contributed by atoms with Crippen molar-refractivity contribution >= 4 is 22.2 Å². The first-order chi connectivity index (χ1) is 14.5. The number of hydrogen-bond donors (Lipinski definition) is 1. The molecule has 1 unspecified atom stereocenters. The van der Waals surface area contributed by atoms with E-state index in [1.807, 2.05) is 32.1 Å². The molecule has 0 bridgehead atoms. The molecule has 1 N–H and O–H groups in total. The molecule has 2 aliphatic rings. The van der Waals surface area contributed by atoms with Gasteiger partial charge in [-0.2, -0.15) is 0 Å². The molecule has 0 saturated carbocycles. The zero-order chi connectivity index (χ0) is 21.3. The average Bonchev–Trinajstić information content (AvgIpc) is 2.75. The fraction of sp³-hybridized carbons (Fsp3) is 0.320. The Hall–Kier alpha value is -2.79. The maximum Gasteiger partial charge on any atom is 0.125 e. The lowest BCUT2D eigenvalue weighted by Gasteiger charge is -2.31. The SMILES string of the molecule is C=C(c1cc(/C(=C/C)C2=C(C)CC(F)C=C2)nc2cc(F)ccc12)N1CCNCC1. The molecule has 1 aliphatic heterocycles. The van der Waals surface area contributed by atoms with Crippen LogP contribution in [0.5, 0.6) is 0 Å². The predicted molar refractivity (Wildman–Crippen MR) is 120 cm³/mol. The summed E-state index contributed by atoms with van der Waals surface area (Å²) < 4.78 is 27.8. The van der Waals surface area contributed by atoms with Crippen molar-refractivity contribution < 1.29 is 8.78 Å². The largest absolute Gasteiger partial charge is 0.369 e. The van der Waals surface area contributed by atoms with E-state index in [9.17, 15) is 8.78 Å². The molecule has 2 aromatic rings. The minimum Gasteiger partial charge on any atom is -0.369 e. The highest BCUT2D eigenvalue weighted by Crippen LogP contribution is 2.35. The molecule has 1 aromatic carbocycles. The van der Waals surface area contributed by atoms with Crippen LogP contribution in [-0.4, -0.2) is 42.2 Å². The lowest BCUT2D eigenvalue weighted by molar-refractivity contribution is 0.341. The first kappa shape index (κ1) is 20.5. The quantitative estimate of drug-likeness (QED) is 0.749. The van der Waals surface area contributed by atoms with E-state index in [1.165, 1.54) is 12.1 Å². The van der Waals surface area contributed by atoms with Gasteiger partial charge in [-0.1, -0.05) is 24.3 Å². The molecule has 30 heavy (non-hydrogen) atoms. The molecular formula is C25H27F2N3. The highest BCUT2D eigenvalue weighted by molar-refractivity contribution is 5.94. The molecule has 0 amide bonds. The molecule has 3 nitrogen and oxygen atoms in total. The summed E-state index contributed by atoms with van der Waals surface area (Å²) in [5, 5.41) is 4.24. The van der Waals surface area contributed by atoms with E-state index in [1.54, 1.807) is 12.1 Å². The topological polar surface area (TPSA) is 28.2 Å². The molecule has 4 rings (SSSR count). The first-order valence-corrected chi connectivity index (χ1v) is 10.4. The van der Waals surface area contributed by atoms with Crippen molar-refractivity contribution in [3.05, 3.63) is 77.3 Å². The standard InChI is InChI=1S/C25H27F2N3/c1-4-20(21-7-5-18(26)13-16(21)2)25-15-23(17(3)30-11-9-28-10-12-30)22-8-6-19(27)14-24(22)29-25/h4-8,14-15,18,28H,3,9-13H2,1-2H3/b20-4+. The van der Waals surface area contributed by atoms with E-state index in [0.29, 0.717) is 11.9 Å². The smallest absolute Gasteiger partial charge is 0.125 e. The van der Waals surface area contributed by atoms with Gasteiger partial charge in [0, 0.05) is 60.9 Å². The van der Waals surface area contributed by atoms with Crippen molar-refractivity contribution in [2.75, 3.05) is 26.2 Å². The van der Waals surface area contributed by atoms with Crippen LogP contribution in [0, 0.1) is 5.82 Å². The van der Waals surface area contributed by atoms with Gasteiger partial charge >= 0.3 is 0 Å². The molecule has 1 saturated heterocycles. The maximum atomic E-state index is 14.0. The van der Waals surface area contributed by atoms with Crippen molar-refractivity contribution in [2.24, 2.45) is 0 Å². The number of aromatic nitrogens is 1. The number of alkyl halides is 1. The lowest BCUT2D eigenvalue weighted by atomic mass is 9.89. The minimum absolute atomic E-state index is 0.318. The van der Waals surface area contributed by atoms with Crippen LogP contribution < -0.4 is 5.32 Å². The van der Waals surface area contributed by atoms with Crippen LogP contribution in [0.4, 0.5) is 8.78 Å². The van der Waals surface area contributed by atoms with Gasteiger partial charge in [-0.15, -0.1) is 0 Å². The van der Waals surface area contributed by atoms with E-state index in [-0.39, 0.29) is 5.82 Å². The third kappa shape index (κ3) is 3.94. The summed E-state index contributed by atoms with van der Waals surface area (Å²) in [5.74, 6) is -0.318. The van der Waals surface area contributed by atoms with Crippen molar-refractivity contribution in [3.63, 3.8) is 0 Å². The van der Waals surface area contributed by atoms with Crippen LogP contribution in [0.25, 0.3) is 22.2 Å². The molecule has 0 spiro atoms. The average molecular weight is 408 g/mol. The highest BCUT2D eigenvalue weighted by Gasteiger charge is 2.21. The Morgan fingerprint density at radius 1 is 1.27 bits per heavy atom. The number of halogens is 2.